The standard InChI is InChI=1S/C6H13O9P.3Na.H2O/c7-3(1-4(8)6(10)11)5(9)2-15-16(12,13)14;;;;/h3-5,7-9H,1-2H2,(H,10,11)(H2,12,13,14);;;;1H2/q;3*+1;/p-3/t3-,4-,5+;;;;/m0..../s1. The maximum atomic E-state index is 10.0. The van der Waals surface area contributed by atoms with Gasteiger partial charge in [0.05, 0.1) is 32.6 Å². The molecule has 0 radical (unpaired) electrons. The summed E-state index contributed by atoms with van der Waals surface area (Å²) >= 11 is 0. The molecule has 104 valence electrons. The first kappa shape index (κ1) is 33.9. The predicted octanol–water partition coefficient (Wildman–Crippen LogP) is -14.8. The van der Waals surface area contributed by atoms with Crippen molar-refractivity contribution < 1.29 is 138 Å². The predicted molar refractivity (Wildman–Crippen MR) is 44.8 cm³/mol. The maximum Gasteiger partial charge on any atom is 1.00 e. The van der Waals surface area contributed by atoms with Crippen LogP contribution in [0, 0.1) is 0 Å². The molecule has 0 aromatic rings. The van der Waals surface area contributed by atoms with Crippen molar-refractivity contribution in [1.29, 1.82) is 0 Å². The van der Waals surface area contributed by atoms with Crippen LogP contribution in [0.3, 0.4) is 0 Å². The van der Waals surface area contributed by atoms with E-state index in [-0.39, 0.29) is 94.1 Å². The number of aliphatic hydroxyl groups is 3. The molecule has 0 heterocycles. The van der Waals surface area contributed by atoms with Crippen LogP contribution in [0.1, 0.15) is 6.42 Å². The summed E-state index contributed by atoms with van der Waals surface area (Å²) in [6.45, 7) is -1.02. The van der Waals surface area contributed by atoms with Gasteiger partial charge in [-0.1, -0.05) is 0 Å². The maximum absolute atomic E-state index is 10.0. The van der Waals surface area contributed by atoms with E-state index in [9.17, 15) is 24.3 Å². The summed E-state index contributed by atoms with van der Waals surface area (Å²) in [6, 6.07) is 0. The van der Waals surface area contributed by atoms with Gasteiger partial charge in [0.2, 0.25) is 0 Å². The SMILES string of the molecule is O.O=C([O-])[C@@H](O)C[C@H](O)[C@H](O)COP(=O)([O-])[O-].[Na+].[Na+].[Na+]. The Kier molecular flexibility index (Phi) is 27.6. The monoisotopic (exact) mass is 344 g/mol. The van der Waals surface area contributed by atoms with Crippen LogP contribution in [0.15, 0.2) is 0 Å². The van der Waals surface area contributed by atoms with Gasteiger partial charge in [0.25, 0.3) is 0 Å². The Balaban J connectivity index is -0.000000187. The summed E-state index contributed by atoms with van der Waals surface area (Å²) in [5.41, 5.74) is 0. The molecule has 0 amide bonds. The Bertz CT molecular complexity index is 286. The molecule has 0 aromatic heterocycles. The number of carboxylic acid groups (broad SMARTS) is 1. The number of rotatable bonds is 7. The van der Waals surface area contributed by atoms with E-state index < -0.39 is 45.1 Å². The average molecular weight is 344 g/mol. The van der Waals surface area contributed by atoms with Crippen molar-refractivity contribution in [2.45, 2.75) is 24.7 Å². The number of carbonyl (C=O) groups is 1. The molecular formula is C6H12Na3O10P. The van der Waals surface area contributed by atoms with Gasteiger partial charge in [-0.2, -0.15) is 0 Å². The third-order valence-electron chi connectivity index (χ3n) is 1.58. The summed E-state index contributed by atoms with van der Waals surface area (Å²) in [6.07, 6.45) is -6.38. The van der Waals surface area contributed by atoms with E-state index in [1.165, 1.54) is 0 Å². The fourth-order valence-electron chi connectivity index (χ4n) is 0.761. The van der Waals surface area contributed by atoms with Crippen molar-refractivity contribution in [2.75, 3.05) is 6.61 Å². The normalized spacial score (nSPS) is 14.2. The van der Waals surface area contributed by atoms with Gasteiger partial charge < -0.3 is 49.6 Å². The number of aliphatic carboxylic acids is 1. The summed E-state index contributed by atoms with van der Waals surface area (Å²) in [4.78, 5) is 30.0. The number of aliphatic hydroxyl groups excluding tert-OH is 3. The van der Waals surface area contributed by atoms with E-state index in [2.05, 4.69) is 4.52 Å². The number of hydrogen-bond donors (Lipinski definition) is 3. The van der Waals surface area contributed by atoms with Crippen molar-refractivity contribution in [3.8, 4) is 0 Å². The number of hydrogen-bond acceptors (Lipinski definition) is 9. The Morgan fingerprint density at radius 1 is 1.10 bits per heavy atom. The summed E-state index contributed by atoms with van der Waals surface area (Å²) in [5, 5.41) is 36.8. The number of carboxylic acids is 1. The topological polar surface area (TPSA) is 205 Å². The van der Waals surface area contributed by atoms with Crippen LogP contribution < -0.4 is 104 Å². The van der Waals surface area contributed by atoms with Crippen LogP contribution >= 0.6 is 7.82 Å². The van der Waals surface area contributed by atoms with Crippen molar-refractivity contribution in [3.63, 3.8) is 0 Å². The van der Waals surface area contributed by atoms with Crippen LogP contribution in [0.2, 0.25) is 0 Å². The van der Waals surface area contributed by atoms with Crippen molar-refractivity contribution in [3.05, 3.63) is 0 Å². The van der Waals surface area contributed by atoms with Gasteiger partial charge in [0, 0.05) is 6.42 Å². The first-order chi connectivity index (χ1) is 7.13. The number of phosphoric ester groups is 1. The van der Waals surface area contributed by atoms with Gasteiger partial charge in [-0.15, -0.1) is 0 Å². The quantitative estimate of drug-likeness (QED) is 0.295. The first-order valence-electron chi connectivity index (χ1n) is 4.05. The zero-order valence-corrected chi connectivity index (χ0v) is 18.3. The molecule has 0 rings (SSSR count). The van der Waals surface area contributed by atoms with E-state index >= 15 is 0 Å². The molecule has 0 spiro atoms. The Hall–Kier alpha value is 2.42. The van der Waals surface area contributed by atoms with E-state index in [0.29, 0.717) is 0 Å². The van der Waals surface area contributed by atoms with Crippen LogP contribution in [-0.4, -0.2) is 51.7 Å². The van der Waals surface area contributed by atoms with Crippen molar-refractivity contribution in [2.24, 2.45) is 0 Å². The molecule has 0 saturated heterocycles. The zero-order valence-electron chi connectivity index (χ0n) is 11.4. The summed E-state index contributed by atoms with van der Waals surface area (Å²) in [7, 11) is -5.27. The molecule has 20 heavy (non-hydrogen) atoms. The molecule has 10 nitrogen and oxygen atoms in total. The average Bonchev–Trinajstić information content (AvgIpc) is 2.12. The minimum atomic E-state index is -5.27. The fraction of sp³-hybridized carbons (Fsp3) is 0.833. The van der Waals surface area contributed by atoms with E-state index in [0.717, 1.165) is 0 Å². The van der Waals surface area contributed by atoms with Crippen molar-refractivity contribution in [1.82, 2.24) is 0 Å². The first-order valence-corrected chi connectivity index (χ1v) is 5.51. The van der Waals surface area contributed by atoms with Gasteiger partial charge in [0.1, 0.15) is 6.10 Å². The second-order valence-corrected chi connectivity index (χ2v) is 4.10. The number of phosphoric acid groups is 1. The zero-order chi connectivity index (χ0) is 12.9. The molecule has 0 unspecified atom stereocenters. The van der Waals surface area contributed by atoms with Gasteiger partial charge in [0.15, 0.2) is 0 Å². The third-order valence-corrected chi connectivity index (χ3v) is 2.05. The van der Waals surface area contributed by atoms with Crippen LogP contribution in [0.25, 0.3) is 0 Å². The van der Waals surface area contributed by atoms with E-state index in [1.807, 2.05) is 0 Å². The largest absolute Gasteiger partial charge is 1.00 e. The Labute approximate surface area is 181 Å². The van der Waals surface area contributed by atoms with Crippen LogP contribution in [0.4, 0.5) is 0 Å². The van der Waals surface area contributed by atoms with E-state index in [4.69, 9.17) is 15.3 Å². The molecule has 3 atom stereocenters. The third kappa shape index (κ3) is 18.5. The van der Waals surface area contributed by atoms with Crippen LogP contribution in [0.5, 0.6) is 0 Å². The summed E-state index contributed by atoms with van der Waals surface area (Å²) in [5.74, 6) is -1.86. The molecule has 0 aliphatic carbocycles. The fourth-order valence-corrected chi connectivity index (χ4v) is 1.10. The molecule has 0 aromatic carbocycles. The molecular weight excluding hydrogens is 332 g/mol. The molecule has 0 bridgehead atoms. The van der Waals surface area contributed by atoms with E-state index in [1.54, 1.807) is 0 Å². The second-order valence-electron chi connectivity index (χ2n) is 2.95. The minimum Gasteiger partial charge on any atom is -0.790 e. The summed E-state index contributed by atoms with van der Waals surface area (Å²) < 4.78 is 13.6. The van der Waals surface area contributed by atoms with Gasteiger partial charge in [-0.25, -0.2) is 0 Å². The van der Waals surface area contributed by atoms with Crippen molar-refractivity contribution >= 4 is 13.8 Å². The molecule has 0 aliphatic rings. The van der Waals surface area contributed by atoms with Crippen LogP contribution in [-0.2, 0) is 13.9 Å². The second kappa shape index (κ2) is 16.3. The smallest absolute Gasteiger partial charge is 0.790 e. The molecule has 0 saturated carbocycles. The molecule has 14 heteroatoms. The Morgan fingerprint density at radius 2 is 1.50 bits per heavy atom. The Morgan fingerprint density at radius 3 is 1.80 bits per heavy atom. The minimum absolute atomic E-state index is 0. The molecule has 0 aliphatic heterocycles. The molecule has 0 fully saturated rings. The van der Waals surface area contributed by atoms with Gasteiger partial charge >= 0.3 is 88.7 Å². The van der Waals surface area contributed by atoms with Gasteiger partial charge in [-0.3, -0.25) is 0 Å². The van der Waals surface area contributed by atoms with Gasteiger partial charge in [-0.05, 0) is 0 Å². The molecule has 5 N–H and O–H groups in total. The number of carbonyl (C=O) groups excluding carboxylic acids is 1.